The van der Waals surface area contributed by atoms with E-state index in [1.807, 2.05) is 27.0 Å². The van der Waals surface area contributed by atoms with Crippen molar-refractivity contribution in [3.05, 3.63) is 35.8 Å². The van der Waals surface area contributed by atoms with Gasteiger partial charge in [0.1, 0.15) is 12.1 Å². The Kier molecular flexibility index (Phi) is 6.13. The Labute approximate surface area is 193 Å². The summed E-state index contributed by atoms with van der Waals surface area (Å²) in [7, 11) is 0. The van der Waals surface area contributed by atoms with Gasteiger partial charge in [0.25, 0.3) is 0 Å². The molecule has 2 amide bonds. The first-order valence-electron chi connectivity index (χ1n) is 11.4. The number of aliphatic hydroxyl groups excluding tert-OH is 1. The molecule has 10 heteroatoms. The van der Waals surface area contributed by atoms with Crippen LogP contribution in [-0.2, 0) is 9.59 Å². The first kappa shape index (κ1) is 23.2. The maximum Gasteiger partial charge on any atom is 0.248 e. The van der Waals surface area contributed by atoms with Crippen LogP contribution in [0.3, 0.4) is 0 Å². The molecule has 0 aromatic carbocycles. The number of pyridine rings is 1. The van der Waals surface area contributed by atoms with Crippen molar-refractivity contribution in [2.75, 3.05) is 6.54 Å². The largest absolute Gasteiger partial charge is 0.493 e. The summed E-state index contributed by atoms with van der Waals surface area (Å²) in [5.41, 5.74) is 1.10. The fourth-order valence-electron chi connectivity index (χ4n) is 4.42. The van der Waals surface area contributed by atoms with E-state index in [9.17, 15) is 19.8 Å². The number of rotatable bonds is 6. The van der Waals surface area contributed by atoms with Crippen LogP contribution in [0.5, 0.6) is 5.88 Å². The van der Waals surface area contributed by atoms with Crippen LogP contribution in [0.15, 0.2) is 24.5 Å². The van der Waals surface area contributed by atoms with Crippen molar-refractivity contribution in [2.24, 2.45) is 5.41 Å². The standard InChI is InChI=1S/C23H32N6O4/c1-13(15-7-8-24-19(31)9-15)25-21(32)18-10-16(30)11-28(18)22(33)20(23(2,3)4)29-12-17(26-27-29)14-5-6-14/h7-9,12-14,16,18,20,30H,5-6,10-11H2,1-4H3,(H,24,31)(H,25,32)/t13?,16?,18?,20-/m0/s1. The van der Waals surface area contributed by atoms with Crippen molar-refractivity contribution in [1.29, 1.82) is 0 Å². The summed E-state index contributed by atoms with van der Waals surface area (Å²) in [4.78, 5) is 32.1. The van der Waals surface area contributed by atoms with Gasteiger partial charge >= 0.3 is 0 Å². The van der Waals surface area contributed by atoms with Gasteiger partial charge in [-0.25, -0.2) is 9.67 Å². The lowest BCUT2D eigenvalue weighted by Gasteiger charge is -2.34. The average Bonchev–Trinajstić information content (AvgIpc) is 3.34. The Morgan fingerprint density at radius 3 is 2.64 bits per heavy atom. The molecule has 0 radical (unpaired) electrons. The molecule has 2 aromatic heterocycles. The van der Waals surface area contributed by atoms with Gasteiger partial charge in [0.05, 0.1) is 17.8 Å². The van der Waals surface area contributed by atoms with Crippen LogP contribution in [0.1, 0.15) is 76.2 Å². The molecule has 10 nitrogen and oxygen atoms in total. The minimum absolute atomic E-state index is 0.0815. The third-order valence-electron chi connectivity index (χ3n) is 6.34. The third-order valence-corrected chi connectivity index (χ3v) is 6.34. The molecule has 178 valence electrons. The van der Waals surface area contributed by atoms with E-state index in [0.29, 0.717) is 11.5 Å². The summed E-state index contributed by atoms with van der Waals surface area (Å²) in [6.07, 6.45) is 4.84. The molecule has 2 aromatic rings. The predicted octanol–water partition coefficient (Wildman–Crippen LogP) is 1.68. The Balaban J connectivity index is 1.54. The topological polar surface area (TPSA) is 133 Å². The highest BCUT2D eigenvalue weighted by Crippen LogP contribution is 2.40. The number of aromatic hydroxyl groups is 1. The van der Waals surface area contributed by atoms with Crippen LogP contribution in [-0.4, -0.2) is 65.6 Å². The lowest BCUT2D eigenvalue weighted by atomic mass is 9.85. The van der Waals surface area contributed by atoms with Crippen LogP contribution < -0.4 is 5.32 Å². The Morgan fingerprint density at radius 2 is 2.00 bits per heavy atom. The number of carbonyl (C=O) groups excluding carboxylic acids is 2. The second kappa shape index (κ2) is 8.74. The summed E-state index contributed by atoms with van der Waals surface area (Å²) in [6.45, 7) is 7.73. The van der Waals surface area contributed by atoms with Gasteiger partial charge in [-0.1, -0.05) is 26.0 Å². The summed E-state index contributed by atoms with van der Waals surface area (Å²) in [5, 5.41) is 31.4. The van der Waals surface area contributed by atoms with Crippen molar-refractivity contribution >= 4 is 11.8 Å². The highest BCUT2D eigenvalue weighted by Gasteiger charge is 2.45. The van der Waals surface area contributed by atoms with Gasteiger partial charge in [0.2, 0.25) is 17.7 Å². The maximum absolute atomic E-state index is 13.8. The van der Waals surface area contributed by atoms with Gasteiger partial charge in [-0.05, 0) is 36.8 Å². The number of hydrogen-bond donors (Lipinski definition) is 3. The van der Waals surface area contributed by atoms with E-state index in [4.69, 9.17) is 0 Å². The summed E-state index contributed by atoms with van der Waals surface area (Å²) in [6, 6.07) is 1.31. The van der Waals surface area contributed by atoms with Crippen LogP contribution in [0.2, 0.25) is 0 Å². The smallest absolute Gasteiger partial charge is 0.248 e. The molecule has 0 bridgehead atoms. The van der Waals surface area contributed by atoms with Gasteiger partial charge < -0.3 is 20.4 Å². The lowest BCUT2D eigenvalue weighted by molar-refractivity contribution is -0.144. The number of nitrogens with one attached hydrogen (secondary N) is 1. The van der Waals surface area contributed by atoms with Crippen molar-refractivity contribution in [3.8, 4) is 5.88 Å². The molecule has 1 saturated carbocycles. The summed E-state index contributed by atoms with van der Waals surface area (Å²) < 4.78 is 1.61. The minimum atomic E-state index is -0.804. The first-order valence-corrected chi connectivity index (χ1v) is 11.4. The Morgan fingerprint density at radius 1 is 1.27 bits per heavy atom. The molecule has 3 unspecified atom stereocenters. The normalized spacial score (nSPS) is 22.8. The number of carbonyl (C=O) groups is 2. The molecule has 0 spiro atoms. The zero-order chi connectivity index (χ0) is 23.9. The highest BCUT2D eigenvalue weighted by atomic mass is 16.3. The molecule has 2 fully saturated rings. The van der Waals surface area contributed by atoms with Crippen molar-refractivity contribution < 1.29 is 19.8 Å². The van der Waals surface area contributed by atoms with Crippen LogP contribution in [0.4, 0.5) is 0 Å². The average molecular weight is 457 g/mol. The van der Waals surface area contributed by atoms with Gasteiger partial charge in [0, 0.05) is 37.3 Å². The van der Waals surface area contributed by atoms with Crippen molar-refractivity contribution in [2.45, 2.75) is 77.1 Å². The van der Waals surface area contributed by atoms with E-state index >= 15 is 0 Å². The number of amides is 2. The minimum Gasteiger partial charge on any atom is -0.493 e. The Hall–Kier alpha value is -3.01. The van der Waals surface area contributed by atoms with Gasteiger partial charge in [-0.2, -0.15) is 0 Å². The summed E-state index contributed by atoms with van der Waals surface area (Å²) in [5.74, 6) is -0.335. The zero-order valence-corrected chi connectivity index (χ0v) is 19.5. The van der Waals surface area contributed by atoms with Crippen LogP contribution in [0.25, 0.3) is 0 Å². The number of aliphatic hydroxyl groups is 1. The fraction of sp³-hybridized carbons (Fsp3) is 0.609. The summed E-state index contributed by atoms with van der Waals surface area (Å²) >= 11 is 0. The lowest BCUT2D eigenvalue weighted by Crippen LogP contribution is -2.50. The van der Waals surface area contributed by atoms with E-state index in [-0.39, 0.29) is 30.7 Å². The van der Waals surface area contributed by atoms with E-state index in [1.54, 1.807) is 17.7 Å². The molecule has 1 aliphatic heterocycles. The van der Waals surface area contributed by atoms with E-state index in [0.717, 1.165) is 18.5 Å². The van der Waals surface area contributed by atoms with Crippen LogP contribution >= 0.6 is 0 Å². The molecule has 3 N–H and O–H groups in total. The number of hydrogen-bond acceptors (Lipinski definition) is 7. The number of β-amino-alcohol motifs (C(OH)–C–C–N with tert-alkyl or cyclic N) is 1. The monoisotopic (exact) mass is 456 g/mol. The molecule has 2 aliphatic rings. The van der Waals surface area contributed by atoms with Crippen molar-refractivity contribution in [1.82, 2.24) is 30.2 Å². The number of nitrogens with zero attached hydrogens (tertiary/aromatic N) is 5. The van der Waals surface area contributed by atoms with E-state index in [1.165, 1.54) is 17.2 Å². The van der Waals surface area contributed by atoms with Crippen molar-refractivity contribution in [3.63, 3.8) is 0 Å². The quantitative estimate of drug-likeness (QED) is 0.602. The Bertz CT molecular complexity index is 1030. The fourth-order valence-corrected chi connectivity index (χ4v) is 4.42. The molecule has 1 saturated heterocycles. The second-order valence-electron chi connectivity index (χ2n) is 10.2. The molecule has 4 atom stereocenters. The van der Waals surface area contributed by atoms with Gasteiger partial charge in [-0.15, -0.1) is 5.10 Å². The highest BCUT2D eigenvalue weighted by molar-refractivity contribution is 5.90. The second-order valence-corrected chi connectivity index (χ2v) is 10.2. The number of likely N-dealkylation sites (tertiary alicyclic amines) is 1. The third kappa shape index (κ3) is 5.00. The van der Waals surface area contributed by atoms with E-state index in [2.05, 4.69) is 20.6 Å². The molecule has 33 heavy (non-hydrogen) atoms. The van der Waals surface area contributed by atoms with Gasteiger partial charge in [0.15, 0.2) is 0 Å². The molecule has 4 rings (SSSR count). The molecular formula is C23H32N6O4. The number of aromatic nitrogens is 4. The van der Waals surface area contributed by atoms with E-state index < -0.39 is 29.6 Å². The molecule has 3 heterocycles. The van der Waals surface area contributed by atoms with Crippen LogP contribution in [0, 0.1) is 5.41 Å². The van der Waals surface area contributed by atoms with Gasteiger partial charge in [-0.3, -0.25) is 9.59 Å². The zero-order valence-electron chi connectivity index (χ0n) is 19.5. The molecule has 1 aliphatic carbocycles. The molecular weight excluding hydrogens is 424 g/mol. The SMILES string of the molecule is CC(NC(=O)C1CC(O)CN1C(=O)[C@H](n1cc(C2CC2)nn1)C(C)(C)C)c1ccnc(O)c1. The predicted molar refractivity (Wildman–Crippen MR) is 119 cm³/mol. The maximum atomic E-state index is 13.8. The first-order chi connectivity index (χ1) is 15.5.